The van der Waals surface area contributed by atoms with Crippen molar-refractivity contribution < 1.29 is 18.0 Å². The number of alkyl halides is 3. The Kier molecular flexibility index (Phi) is 6.51. The van der Waals surface area contributed by atoms with E-state index in [2.05, 4.69) is 10.6 Å². The van der Waals surface area contributed by atoms with Crippen molar-refractivity contribution in [2.24, 2.45) is 0 Å². The quantitative estimate of drug-likeness (QED) is 0.683. The van der Waals surface area contributed by atoms with Crippen molar-refractivity contribution in [3.05, 3.63) is 0 Å². The number of hydrogen-bond acceptors (Lipinski definition) is 3. The van der Waals surface area contributed by atoms with Crippen LogP contribution in [0.15, 0.2) is 0 Å². The number of nitrogens with one attached hydrogen (secondary N) is 2. The molecular formula is C9H17F3N2O. The zero-order chi connectivity index (χ0) is 11.9. The van der Waals surface area contributed by atoms with Gasteiger partial charge in [0.2, 0.25) is 0 Å². The number of ketones is 1. The molecule has 1 unspecified atom stereocenters. The Hall–Kier alpha value is -0.620. The van der Waals surface area contributed by atoms with E-state index >= 15 is 0 Å². The van der Waals surface area contributed by atoms with Gasteiger partial charge >= 0.3 is 6.18 Å². The Balaban J connectivity index is 4.07. The first-order chi connectivity index (χ1) is 6.91. The van der Waals surface area contributed by atoms with Gasteiger partial charge in [-0.2, -0.15) is 13.2 Å². The van der Waals surface area contributed by atoms with E-state index < -0.39 is 12.2 Å². The number of Topliss-reactive ketones (excluding diaryl/α,β-unsaturated/α-hetero) is 1. The minimum atomic E-state index is -4.32. The summed E-state index contributed by atoms with van der Waals surface area (Å²) >= 11 is 0. The minimum Gasteiger partial charge on any atom is -0.315 e. The summed E-state index contributed by atoms with van der Waals surface area (Å²) in [4.78, 5) is 10.9. The third-order valence-corrected chi connectivity index (χ3v) is 1.93. The van der Waals surface area contributed by atoms with Gasteiger partial charge in [-0.05, 0) is 6.54 Å². The van der Waals surface area contributed by atoms with Crippen LogP contribution in [0.1, 0.15) is 20.3 Å². The largest absolute Gasteiger partial charge is 0.405 e. The van der Waals surface area contributed by atoms with E-state index in [4.69, 9.17) is 0 Å². The van der Waals surface area contributed by atoms with Crippen LogP contribution in [0.25, 0.3) is 0 Å². The molecular weight excluding hydrogens is 209 g/mol. The third kappa shape index (κ3) is 6.46. The van der Waals surface area contributed by atoms with E-state index in [-0.39, 0.29) is 25.3 Å². The Labute approximate surface area is 87.4 Å². The van der Waals surface area contributed by atoms with Crippen LogP contribution >= 0.6 is 0 Å². The smallest absolute Gasteiger partial charge is 0.315 e. The molecule has 90 valence electrons. The molecule has 0 radical (unpaired) electrons. The number of hydrogen-bond donors (Lipinski definition) is 2. The molecule has 1 atom stereocenters. The van der Waals surface area contributed by atoms with Crippen LogP contribution in [0.2, 0.25) is 0 Å². The van der Waals surface area contributed by atoms with Gasteiger partial charge in [-0.3, -0.25) is 10.1 Å². The molecule has 0 aromatic carbocycles. The highest BCUT2D eigenvalue weighted by Gasteiger charge is 2.38. The second-order valence-corrected chi connectivity index (χ2v) is 3.18. The normalized spacial score (nSPS) is 13.9. The van der Waals surface area contributed by atoms with Gasteiger partial charge < -0.3 is 5.32 Å². The average Bonchev–Trinajstić information content (AvgIpc) is 2.15. The van der Waals surface area contributed by atoms with Crippen molar-refractivity contribution in [1.29, 1.82) is 0 Å². The molecule has 2 N–H and O–H groups in total. The minimum absolute atomic E-state index is 0.211. The van der Waals surface area contributed by atoms with E-state index in [1.54, 1.807) is 13.8 Å². The molecule has 0 aliphatic carbocycles. The lowest BCUT2D eigenvalue weighted by Gasteiger charge is -2.21. The van der Waals surface area contributed by atoms with Gasteiger partial charge in [-0.15, -0.1) is 0 Å². The standard InChI is InChI=1S/C9H17F3N2O/c1-3-7(15)5-14-8(6-13-4-2)9(10,11)12/h8,13-14H,3-6H2,1-2H3. The Morgan fingerprint density at radius 2 is 1.93 bits per heavy atom. The van der Waals surface area contributed by atoms with E-state index in [1.807, 2.05) is 0 Å². The fourth-order valence-electron chi connectivity index (χ4n) is 0.954. The van der Waals surface area contributed by atoms with Gasteiger partial charge in [-0.25, -0.2) is 0 Å². The van der Waals surface area contributed by atoms with Crippen LogP contribution in [-0.2, 0) is 4.79 Å². The second kappa shape index (κ2) is 6.79. The summed E-state index contributed by atoms with van der Waals surface area (Å²) in [6.45, 7) is 3.38. The van der Waals surface area contributed by atoms with Gasteiger partial charge in [0.1, 0.15) is 11.8 Å². The number of halogens is 3. The number of carbonyl (C=O) groups excluding carboxylic acids is 1. The summed E-state index contributed by atoms with van der Waals surface area (Å²) in [7, 11) is 0. The Morgan fingerprint density at radius 1 is 1.33 bits per heavy atom. The molecule has 6 heteroatoms. The van der Waals surface area contributed by atoms with Gasteiger partial charge in [0.25, 0.3) is 0 Å². The lowest BCUT2D eigenvalue weighted by atomic mass is 10.2. The molecule has 15 heavy (non-hydrogen) atoms. The number of likely N-dealkylation sites (N-methyl/N-ethyl adjacent to an activating group) is 1. The van der Waals surface area contributed by atoms with Crippen molar-refractivity contribution >= 4 is 5.78 Å². The maximum absolute atomic E-state index is 12.4. The van der Waals surface area contributed by atoms with Crippen LogP contribution in [0, 0.1) is 0 Å². The zero-order valence-electron chi connectivity index (χ0n) is 8.95. The van der Waals surface area contributed by atoms with Crippen LogP contribution in [-0.4, -0.2) is 37.6 Å². The number of carbonyl (C=O) groups is 1. The summed E-state index contributed by atoms with van der Waals surface area (Å²) in [6, 6.07) is -1.66. The molecule has 0 aliphatic heterocycles. The zero-order valence-corrected chi connectivity index (χ0v) is 8.95. The average molecular weight is 226 g/mol. The van der Waals surface area contributed by atoms with E-state index in [9.17, 15) is 18.0 Å². The molecule has 0 aliphatic rings. The van der Waals surface area contributed by atoms with Crippen LogP contribution < -0.4 is 10.6 Å². The molecule has 3 nitrogen and oxygen atoms in total. The van der Waals surface area contributed by atoms with E-state index in [1.165, 1.54) is 0 Å². The lowest BCUT2D eigenvalue weighted by Crippen LogP contribution is -2.50. The molecule has 0 saturated carbocycles. The van der Waals surface area contributed by atoms with Crippen LogP contribution in [0.5, 0.6) is 0 Å². The molecule has 0 spiro atoms. The second-order valence-electron chi connectivity index (χ2n) is 3.18. The molecule has 0 aromatic heterocycles. The molecule has 0 amide bonds. The molecule has 0 rings (SSSR count). The summed E-state index contributed by atoms with van der Waals surface area (Å²) in [5.41, 5.74) is 0. The Bertz CT molecular complexity index is 194. The van der Waals surface area contributed by atoms with Gasteiger partial charge in [0.05, 0.1) is 6.54 Å². The Morgan fingerprint density at radius 3 is 2.33 bits per heavy atom. The van der Waals surface area contributed by atoms with Crippen molar-refractivity contribution in [3.8, 4) is 0 Å². The van der Waals surface area contributed by atoms with Crippen LogP contribution in [0.3, 0.4) is 0 Å². The SMILES string of the molecule is CCNCC(NCC(=O)CC)C(F)(F)F. The van der Waals surface area contributed by atoms with Gasteiger partial charge in [-0.1, -0.05) is 13.8 Å². The van der Waals surface area contributed by atoms with E-state index in [0.29, 0.717) is 6.54 Å². The monoisotopic (exact) mass is 226 g/mol. The van der Waals surface area contributed by atoms with Crippen molar-refractivity contribution in [2.45, 2.75) is 32.5 Å². The highest BCUT2D eigenvalue weighted by Crippen LogP contribution is 2.19. The predicted octanol–water partition coefficient (Wildman–Crippen LogP) is 1.10. The summed E-state index contributed by atoms with van der Waals surface area (Å²) in [6.07, 6.45) is -4.07. The molecule has 0 aromatic rings. The highest BCUT2D eigenvalue weighted by molar-refractivity contribution is 5.80. The molecule has 0 fully saturated rings. The highest BCUT2D eigenvalue weighted by atomic mass is 19.4. The third-order valence-electron chi connectivity index (χ3n) is 1.93. The lowest BCUT2D eigenvalue weighted by molar-refractivity contribution is -0.155. The van der Waals surface area contributed by atoms with E-state index in [0.717, 1.165) is 0 Å². The predicted molar refractivity (Wildman–Crippen MR) is 51.7 cm³/mol. The van der Waals surface area contributed by atoms with Crippen molar-refractivity contribution in [2.75, 3.05) is 19.6 Å². The van der Waals surface area contributed by atoms with Gasteiger partial charge in [0, 0.05) is 13.0 Å². The first kappa shape index (κ1) is 14.4. The fourth-order valence-corrected chi connectivity index (χ4v) is 0.954. The van der Waals surface area contributed by atoms with Crippen LogP contribution in [0.4, 0.5) is 13.2 Å². The first-order valence-electron chi connectivity index (χ1n) is 4.94. The van der Waals surface area contributed by atoms with Crippen molar-refractivity contribution in [1.82, 2.24) is 10.6 Å². The van der Waals surface area contributed by atoms with Gasteiger partial charge in [0.15, 0.2) is 0 Å². The fraction of sp³-hybridized carbons (Fsp3) is 0.889. The summed E-state index contributed by atoms with van der Waals surface area (Å²) in [5.74, 6) is -0.222. The maximum Gasteiger partial charge on any atom is 0.405 e. The molecule has 0 heterocycles. The first-order valence-corrected chi connectivity index (χ1v) is 4.94. The molecule has 0 bridgehead atoms. The number of rotatable bonds is 7. The van der Waals surface area contributed by atoms with Crippen molar-refractivity contribution in [3.63, 3.8) is 0 Å². The topological polar surface area (TPSA) is 41.1 Å². The summed E-state index contributed by atoms with van der Waals surface area (Å²) < 4.78 is 37.2. The molecule has 0 saturated heterocycles. The summed E-state index contributed by atoms with van der Waals surface area (Å²) in [5, 5.41) is 4.81. The maximum atomic E-state index is 12.4.